The second-order valence-corrected chi connectivity index (χ2v) is 38.9. The zero-order valence-corrected chi connectivity index (χ0v) is 85.6. The number of aromatic amines is 2. The molecule has 8 aromatic rings. The summed E-state index contributed by atoms with van der Waals surface area (Å²) in [4.78, 5) is 125. The van der Waals surface area contributed by atoms with Gasteiger partial charge in [-0.25, -0.2) is 9.59 Å². The third-order valence-electron chi connectivity index (χ3n) is 30.5. The van der Waals surface area contributed by atoms with Crippen LogP contribution in [0.25, 0.3) is 33.4 Å². The number of carboxylic acid groups (broad SMARTS) is 1. The van der Waals surface area contributed by atoms with E-state index in [0.29, 0.717) is 221 Å². The Bertz CT molecular complexity index is 6190. The summed E-state index contributed by atoms with van der Waals surface area (Å²) in [6.45, 7) is 19.4. The summed E-state index contributed by atoms with van der Waals surface area (Å²) in [6.07, 6.45) is -5.68. The molecule has 0 saturated carbocycles. The van der Waals surface area contributed by atoms with E-state index >= 15 is 0 Å². The molecular weight excluding hydrogens is 1910 g/mol. The molecular formula is C107H133ClF9N13O15. The number of carbonyl (C=O) groups excluding carboxylic acids is 5. The monoisotopic (exact) mass is 2050 g/mol. The fourth-order valence-corrected chi connectivity index (χ4v) is 22.9. The van der Waals surface area contributed by atoms with Gasteiger partial charge in [-0.2, -0.15) is 39.5 Å². The summed E-state index contributed by atoms with van der Waals surface area (Å²) >= 11 is 0. The number of anilines is 6. The first-order chi connectivity index (χ1) is 68.4. The van der Waals surface area contributed by atoms with E-state index in [4.69, 9.17) is 34.2 Å². The molecule has 9 aliphatic heterocycles. The van der Waals surface area contributed by atoms with E-state index < -0.39 is 66.3 Å². The molecule has 28 nitrogen and oxygen atoms in total. The molecule has 3 spiro atoms. The van der Waals surface area contributed by atoms with Crippen molar-refractivity contribution in [2.45, 2.75) is 198 Å². The SMILES string of the molecule is CCN(c1cc(-c2ccc3c(c2)C2(CCOCC2)C(=O)N3C)cc(C(=O)NCc2c(OC)cc(C)[nH]c2=O)c1C)C1CCN(CC(F)(F)F)CC1.CCN(c1cc(-c2ccc3c(c2)C2(CCOCC2)C(=O)N3C)cc(C(=O)O)c1C)C1CCN(CC(F)(F)F)CC1.CCN(c1cc(-c2ccc3c(c2)C2(CCOCC2)C(=O)N3C)cc(C(=O)OC)c1C)C1CCN(CC(F)(F)F)CC1.COc1cc(C)[nH]c(=O)c1CN.Cl. The molecule has 6 fully saturated rings. The minimum Gasteiger partial charge on any atom is -0.496 e. The first-order valence-corrected chi connectivity index (χ1v) is 49.4. The molecule has 0 radical (unpaired) electrons. The number of halogens is 10. The van der Waals surface area contributed by atoms with Crippen molar-refractivity contribution in [3.63, 3.8) is 0 Å². The number of nitrogens with two attached hydrogens (primary N) is 1. The van der Waals surface area contributed by atoms with Crippen molar-refractivity contribution in [1.29, 1.82) is 0 Å². The number of methoxy groups -OCH3 is 3. The molecule has 38 heteroatoms. The minimum atomic E-state index is -4.25. The molecule has 0 unspecified atom stereocenters. The Kier molecular flexibility index (Phi) is 35.0. The third kappa shape index (κ3) is 23.5. The van der Waals surface area contributed by atoms with Gasteiger partial charge in [0, 0.05) is 195 Å². The average Bonchev–Trinajstić information content (AvgIpc) is 1.58. The Morgan fingerprint density at radius 1 is 0.441 bits per heavy atom. The number of carbonyl (C=O) groups is 6. The number of hydrogen-bond acceptors (Lipinski definition) is 21. The maximum absolute atomic E-state index is 14.1. The fourth-order valence-electron chi connectivity index (χ4n) is 22.9. The number of likely N-dealkylation sites (tertiary alicyclic amines) is 3. The zero-order chi connectivity index (χ0) is 104. The van der Waals surface area contributed by atoms with Crippen LogP contribution in [0.3, 0.4) is 0 Å². The van der Waals surface area contributed by atoms with Crippen LogP contribution in [-0.4, -0.2) is 263 Å². The lowest BCUT2D eigenvalue weighted by Crippen LogP contribution is -2.47. The Labute approximate surface area is 845 Å². The van der Waals surface area contributed by atoms with Gasteiger partial charge in [-0.1, -0.05) is 18.2 Å². The maximum atomic E-state index is 14.1. The quantitative estimate of drug-likeness (QED) is 0.0293. The number of alkyl halides is 9. The van der Waals surface area contributed by atoms with Gasteiger partial charge >= 0.3 is 30.5 Å². The van der Waals surface area contributed by atoms with Crippen molar-refractivity contribution in [2.24, 2.45) is 5.73 Å². The number of esters is 1. The maximum Gasteiger partial charge on any atom is 0.401 e. The lowest BCUT2D eigenvalue weighted by Gasteiger charge is -2.40. The minimum absolute atomic E-state index is 0. The number of pyridine rings is 2. The van der Waals surface area contributed by atoms with Gasteiger partial charge in [-0.15, -0.1) is 12.4 Å². The number of piperidine rings is 3. The van der Waals surface area contributed by atoms with Crippen LogP contribution in [0.5, 0.6) is 11.5 Å². The summed E-state index contributed by atoms with van der Waals surface area (Å²) in [6, 6.07) is 32.8. The lowest BCUT2D eigenvalue weighted by molar-refractivity contribution is -0.148. The molecule has 11 heterocycles. The van der Waals surface area contributed by atoms with Crippen LogP contribution in [0.1, 0.15) is 185 Å². The summed E-state index contributed by atoms with van der Waals surface area (Å²) in [7, 11) is 9.74. The molecule has 0 bridgehead atoms. The molecule has 6 N–H and O–H groups in total. The Hall–Kier alpha value is -11.6. The average molecular weight is 2050 g/mol. The number of H-pyrrole nitrogens is 2. The van der Waals surface area contributed by atoms with Crippen molar-refractivity contribution >= 4 is 82.1 Å². The van der Waals surface area contributed by atoms with Gasteiger partial charge in [0.1, 0.15) is 11.5 Å². The van der Waals surface area contributed by atoms with Crippen molar-refractivity contribution in [3.8, 4) is 44.9 Å². The van der Waals surface area contributed by atoms with E-state index in [1.165, 1.54) is 36.0 Å². The van der Waals surface area contributed by atoms with Gasteiger partial charge in [-0.05, 0) is 284 Å². The molecule has 0 atom stereocenters. The van der Waals surface area contributed by atoms with Crippen molar-refractivity contribution in [3.05, 3.63) is 196 Å². The number of benzene rings is 6. The predicted octanol–water partition coefficient (Wildman–Crippen LogP) is 16.6. The predicted molar refractivity (Wildman–Crippen MR) is 542 cm³/mol. The van der Waals surface area contributed by atoms with Crippen LogP contribution in [0.15, 0.2) is 113 Å². The fraction of sp³-hybridized carbons (Fsp3) is 0.514. The molecule has 0 aliphatic carbocycles. The number of rotatable bonds is 23. The van der Waals surface area contributed by atoms with Crippen LogP contribution in [0.2, 0.25) is 0 Å². The highest BCUT2D eigenvalue weighted by Gasteiger charge is 2.54. The number of ether oxygens (including phenoxy) is 6. The second kappa shape index (κ2) is 45.8. The summed E-state index contributed by atoms with van der Waals surface area (Å²) < 4.78 is 149. The highest BCUT2D eigenvalue weighted by Crippen LogP contribution is 2.53. The second-order valence-electron chi connectivity index (χ2n) is 38.9. The van der Waals surface area contributed by atoms with Gasteiger partial charge in [0.25, 0.3) is 17.0 Å². The first kappa shape index (κ1) is 111. The summed E-state index contributed by atoms with van der Waals surface area (Å²) in [5.74, 6) is -0.735. The van der Waals surface area contributed by atoms with Crippen LogP contribution in [0.4, 0.5) is 73.6 Å². The normalized spacial score (nSPS) is 18.1. The highest BCUT2D eigenvalue weighted by atomic mass is 35.5. The van der Waals surface area contributed by atoms with Gasteiger partial charge in [0.05, 0.1) is 86.0 Å². The third-order valence-corrected chi connectivity index (χ3v) is 30.5. The van der Waals surface area contributed by atoms with Gasteiger partial charge in [-0.3, -0.25) is 43.5 Å². The van der Waals surface area contributed by atoms with Crippen LogP contribution < -0.4 is 61.0 Å². The first-order valence-electron chi connectivity index (χ1n) is 49.4. The highest BCUT2D eigenvalue weighted by molar-refractivity contribution is 6.11. The number of hydrogen-bond donors (Lipinski definition) is 5. The number of aromatic carboxylic acids is 1. The van der Waals surface area contributed by atoms with E-state index in [0.717, 1.165) is 101 Å². The molecule has 786 valence electrons. The molecule has 145 heavy (non-hydrogen) atoms. The molecule has 6 aromatic carbocycles. The van der Waals surface area contributed by atoms with E-state index in [1.54, 1.807) is 67.8 Å². The number of aryl methyl sites for hydroxylation is 2. The Balaban J connectivity index is 0.000000172. The summed E-state index contributed by atoms with van der Waals surface area (Å²) in [5.41, 5.74) is 21.1. The number of nitrogens with one attached hydrogen (secondary N) is 3. The van der Waals surface area contributed by atoms with Crippen LogP contribution in [0, 0.1) is 34.6 Å². The number of fused-ring (bicyclic) bond motifs is 6. The van der Waals surface area contributed by atoms with E-state index in [1.807, 2.05) is 108 Å². The standard InChI is InChI=1S/C38H46F3N5O5.C31H38F3N3O4.C30H36F3N3O4.C8H12N2O2.ClH/c1-6-46(27-9-13-45(14-10-27)22-38(39,40)41)32-20-26(25-7-8-31-30(19-25)37(36(49)44(31)4)11-15-51-16-12-37)18-28(24(32)3)34(47)42-21-29-33(50-5)17-23(2)43-35(29)48;1-5-37(23-8-12-36(13-9-23)19-31(32,33)34)27-18-22(16-24(20(27)2)28(38)40-4)21-6-7-26-25(17-21)30(29(39)35(26)3)10-14-41-15-11-30;1-4-36(22-7-11-35(12-8-22)18-30(31,32)33)26-17-21(15-23(19(26)2)27(37)38)20-5-6-25-24(16-20)29(28(39)34(25)3)9-13-40-14-10-29;1-5-3-7(12-2)6(4-9)8(11)10-5;/h7-8,17-20,27H,6,9-16,21-22H2,1-5H3,(H,42,47)(H,43,48);6-7,16-18,23H,5,8-15,19H2,1-4H3;5-6,15-17,22H,4,7-14,18H2,1-3H3,(H,37,38);3H,4,9H2,1-2H3,(H,10,11);1H. The number of nitrogens with zero attached hydrogens (tertiary/aromatic N) is 9. The van der Waals surface area contributed by atoms with Gasteiger partial charge in [0.15, 0.2) is 0 Å². The van der Waals surface area contributed by atoms with E-state index in [2.05, 4.69) is 48.2 Å². The molecule has 17 rings (SSSR count). The zero-order valence-electron chi connectivity index (χ0n) is 84.7. The van der Waals surface area contributed by atoms with Crippen molar-refractivity contribution in [1.82, 2.24) is 30.0 Å². The van der Waals surface area contributed by atoms with Crippen molar-refractivity contribution in [2.75, 3.05) is 190 Å². The van der Waals surface area contributed by atoms with Crippen molar-refractivity contribution < 1.29 is 102 Å². The van der Waals surface area contributed by atoms with Gasteiger partial charge < -0.3 is 83.9 Å². The number of amides is 4. The number of likely N-dealkylation sites (N-methyl/N-ethyl adjacent to an activating group) is 3. The van der Waals surface area contributed by atoms with Crippen LogP contribution in [-0.2, 0) is 62.7 Å². The summed E-state index contributed by atoms with van der Waals surface area (Å²) in [5, 5.41) is 13.0. The lowest BCUT2D eigenvalue weighted by atomic mass is 9.74. The largest absolute Gasteiger partial charge is 0.496 e. The van der Waals surface area contributed by atoms with E-state index in [9.17, 15) is 83.0 Å². The topological polar surface area (TPSA) is 311 Å². The molecule has 4 amide bonds. The van der Waals surface area contributed by atoms with Gasteiger partial charge in [0.2, 0.25) is 17.7 Å². The molecule has 6 saturated heterocycles. The molecule has 2 aromatic heterocycles. The smallest absolute Gasteiger partial charge is 0.401 e. The van der Waals surface area contributed by atoms with E-state index in [-0.39, 0.29) is 83.9 Å². The number of carboxylic acids is 1. The Morgan fingerprint density at radius 3 is 1.03 bits per heavy atom. The molecule has 9 aliphatic rings. The number of aromatic nitrogens is 2. The Morgan fingerprint density at radius 2 is 0.738 bits per heavy atom. The van der Waals surface area contributed by atoms with Crippen LogP contribution >= 0.6 is 12.4 Å².